The SMILES string of the molecule is Nc1ccc(CC2C(=O)C3CCN2C3)cc1. The first-order valence-electron chi connectivity index (χ1n) is 5.86. The molecule has 3 atom stereocenters. The highest BCUT2D eigenvalue weighted by atomic mass is 16.1. The predicted octanol–water partition coefficient (Wildman–Crippen LogP) is 1.08. The molecule has 0 aromatic heterocycles. The molecule has 0 spiro atoms. The number of nitrogens with zero attached hydrogens (tertiary/aromatic N) is 1. The van der Waals surface area contributed by atoms with Crippen LogP contribution in [0, 0.1) is 5.92 Å². The fourth-order valence-corrected chi connectivity index (χ4v) is 2.86. The second-order valence-electron chi connectivity index (χ2n) is 4.84. The minimum absolute atomic E-state index is 0.127. The lowest BCUT2D eigenvalue weighted by Gasteiger charge is -2.23. The lowest BCUT2D eigenvalue weighted by Crippen LogP contribution is -2.37. The summed E-state index contributed by atoms with van der Waals surface area (Å²) in [6, 6.07) is 7.98. The Balaban J connectivity index is 1.75. The van der Waals surface area contributed by atoms with Crippen molar-refractivity contribution in [3.63, 3.8) is 0 Å². The second-order valence-corrected chi connectivity index (χ2v) is 4.84. The zero-order valence-corrected chi connectivity index (χ0v) is 9.23. The number of carbonyl (C=O) groups is 1. The highest BCUT2D eigenvalue weighted by Crippen LogP contribution is 2.31. The Morgan fingerprint density at radius 1 is 1.31 bits per heavy atom. The van der Waals surface area contributed by atoms with Crippen LogP contribution < -0.4 is 5.73 Å². The van der Waals surface area contributed by atoms with Gasteiger partial charge in [-0.05, 0) is 37.1 Å². The molecule has 0 amide bonds. The summed E-state index contributed by atoms with van der Waals surface area (Å²) in [7, 11) is 0. The van der Waals surface area contributed by atoms with Gasteiger partial charge in [-0.15, -0.1) is 0 Å². The zero-order chi connectivity index (χ0) is 11.1. The van der Waals surface area contributed by atoms with Gasteiger partial charge in [-0.2, -0.15) is 0 Å². The van der Waals surface area contributed by atoms with E-state index in [1.165, 1.54) is 5.56 Å². The minimum atomic E-state index is 0.127. The van der Waals surface area contributed by atoms with E-state index in [0.717, 1.165) is 31.6 Å². The molecule has 3 rings (SSSR count). The van der Waals surface area contributed by atoms with Crippen LogP contribution in [0.4, 0.5) is 5.69 Å². The number of nitrogen functional groups attached to an aromatic ring is 1. The maximum Gasteiger partial charge on any atom is 0.154 e. The van der Waals surface area contributed by atoms with Crippen molar-refractivity contribution in [2.45, 2.75) is 18.9 Å². The lowest BCUT2D eigenvalue weighted by molar-refractivity contribution is -0.124. The number of nitrogens with two attached hydrogens (primary N) is 1. The number of fused-ring (bicyclic) bond motifs is 2. The maximum absolute atomic E-state index is 12.0. The first kappa shape index (κ1) is 9.85. The molecule has 0 aliphatic carbocycles. The highest BCUT2D eigenvalue weighted by molar-refractivity contribution is 5.89. The molecule has 1 aromatic rings. The number of carbonyl (C=O) groups excluding carboxylic acids is 1. The van der Waals surface area contributed by atoms with Gasteiger partial charge in [-0.3, -0.25) is 9.69 Å². The molecule has 2 N–H and O–H groups in total. The third-order valence-electron chi connectivity index (χ3n) is 3.80. The molecule has 3 nitrogen and oxygen atoms in total. The zero-order valence-electron chi connectivity index (χ0n) is 9.23. The second kappa shape index (κ2) is 3.59. The Hall–Kier alpha value is -1.35. The van der Waals surface area contributed by atoms with E-state index in [0.29, 0.717) is 11.7 Å². The van der Waals surface area contributed by atoms with Crippen molar-refractivity contribution in [1.82, 2.24) is 4.90 Å². The van der Waals surface area contributed by atoms with E-state index in [1.54, 1.807) is 0 Å². The Labute approximate surface area is 95.2 Å². The Kier molecular flexibility index (Phi) is 2.21. The smallest absolute Gasteiger partial charge is 0.154 e. The molecular weight excluding hydrogens is 200 g/mol. The number of Topliss-reactive ketones (excluding diaryl/α,β-unsaturated/α-hetero) is 1. The molecule has 2 fully saturated rings. The van der Waals surface area contributed by atoms with Crippen LogP contribution in [0.2, 0.25) is 0 Å². The van der Waals surface area contributed by atoms with E-state index in [-0.39, 0.29) is 6.04 Å². The summed E-state index contributed by atoms with van der Waals surface area (Å²) in [4.78, 5) is 14.3. The molecule has 3 unspecified atom stereocenters. The Bertz CT molecular complexity index is 412. The molecule has 1 aromatic carbocycles. The normalized spacial score (nSPS) is 32.2. The third-order valence-corrected chi connectivity index (χ3v) is 3.80. The van der Waals surface area contributed by atoms with Crippen molar-refractivity contribution in [3.05, 3.63) is 29.8 Å². The third kappa shape index (κ3) is 1.52. The summed E-state index contributed by atoms with van der Waals surface area (Å²) < 4.78 is 0. The molecule has 2 heterocycles. The van der Waals surface area contributed by atoms with Crippen molar-refractivity contribution in [1.29, 1.82) is 0 Å². The first-order valence-corrected chi connectivity index (χ1v) is 5.86. The fourth-order valence-electron chi connectivity index (χ4n) is 2.86. The van der Waals surface area contributed by atoms with Crippen LogP contribution in [0.15, 0.2) is 24.3 Å². The lowest BCUT2D eigenvalue weighted by atomic mass is 9.94. The van der Waals surface area contributed by atoms with Crippen molar-refractivity contribution in [2.75, 3.05) is 18.8 Å². The van der Waals surface area contributed by atoms with Gasteiger partial charge in [0, 0.05) is 18.2 Å². The molecule has 2 aliphatic rings. The number of hydrogen-bond acceptors (Lipinski definition) is 3. The van der Waals surface area contributed by atoms with Gasteiger partial charge >= 0.3 is 0 Å². The standard InChI is InChI=1S/C13H16N2O/c14-11-3-1-9(2-4-11)7-12-13(16)10-5-6-15(12)8-10/h1-4,10,12H,5-8,14H2. The van der Waals surface area contributed by atoms with Crippen molar-refractivity contribution in [3.8, 4) is 0 Å². The summed E-state index contributed by atoms with van der Waals surface area (Å²) in [5, 5.41) is 0. The summed E-state index contributed by atoms with van der Waals surface area (Å²) in [5.74, 6) is 0.766. The molecule has 16 heavy (non-hydrogen) atoms. The van der Waals surface area contributed by atoms with Crippen LogP contribution in [0.1, 0.15) is 12.0 Å². The summed E-state index contributed by atoms with van der Waals surface area (Å²) in [6.07, 6.45) is 1.91. The van der Waals surface area contributed by atoms with Crippen LogP contribution >= 0.6 is 0 Å². The Morgan fingerprint density at radius 3 is 2.69 bits per heavy atom. The number of piperidine rings is 1. The average Bonchev–Trinajstić information content (AvgIpc) is 2.85. The number of benzene rings is 1. The van der Waals surface area contributed by atoms with Gasteiger partial charge in [0.25, 0.3) is 0 Å². The summed E-state index contributed by atoms with van der Waals surface area (Å²) in [5.41, 5.74) is 7.63. The van der Waals surface area contributed by atoms with E-state index >= 15 is 0 Å². The summed E-state index contributed by atoms with van der Waals surface area (Å²) >= 11 is 0. The number of anilines is 1. The van der Waals surface area contributed by atoms with Crippen LogP contribution in [-0.4, -0.2) is 29.8 Å². The average molecular weight is 216 g/mol. The molecule has 0 saturated carbocycles. The quantitative estimate of drug-likeness (QED) is 0.753. The molecule has 2 saturated heterocycles. The molecule has 2 bridgehead atoms. The van der Waals surface area contributed by atoms with Gasteiger partial charge in [-0.25, -0.2) is 0 Å². The van der Waals surface area contributed by atoms with Crippen molar-refractivity contribution in [2.24, 2.45) is 5.92 Å². The molecule has 2 aliphatic heterocycles. The Morgan fingerprint density at radius 2 is 2.06 bits per heavy atom. The maximum atomic E-state index is 12.0. The fraction of sp³-hybridized carbons (Fsp3) is 0.462. The monoisotopic (exact) mass is 216 g/mol. The van der Waals surface area contributed by atoms with Gasteiger partial charge in [0.05, 0.1) is 6.04 Å². The predicted molar refractivity (Wildman–Crippen MR) is 63.0 cm³/mol. The molecule has 84 valence electrons. The topological polar surface area (TPSA) is 46.3 Å². The largest absolute Gasteiger partial charge is 0.399 e. The van der Waals surface area contributed by atoms with E-state index in [4.69, 9.17) is 5.73 Å². The summed E-state index contributed by atoms with van der Waals surface area (Å²) in [6.45, 7) is 2.08. The van der Waals surface area contributed by atoms with E-state index in [2.05, 4.69) is 4.90 Å². The number of rotatable bonds is 2. The van der Waals surface area contributed by atoms with Crippen LogP contribution in [-0.2, 0) is 11.2 Å². The van der Waals surface area contributed by atoms with Crippen LogP contribution in [0.5, 0.6) is 0 Å². The van der Waals surface area contributed by atoms with E-state index in [1.807, 2.05) is 24.3 Å². The van der Waals surface area contributed by atoms with Crippen LogP contribution in [0.25, 0.3) is 0 Å². The van der Waals surface area contributed by atoms with Gasteiger partial charge in [0.15, 0.2) is 5.78 Å². The number of hydrogen-bond donors (Lipinski definition) is 1. The minimum Gasteiger partial charge on any atom is -0.399 e. The van der Waals surface area contributed by atoms with Gasteiger partial charge in [0.2, 0.25) is 0 Å². The van der Waals surface area contributed by atoms with Crippen molar-refractivity contribution < 1.29 is 4.79 Å². The molecular formula is C13H16N2O. The van der Waals surface area contributed by atoms with E-state index in [9.17, 15) is 4.79 Å². The first-order chi connectivity index (χ1) is 7.74. The van der Waals surface area contributed by atoms with Crippen molar-refractivity contribution >= 4 is 11.5 Å². The molecule has 0 radical (unpaired) electrons. The highest BCUT2D eigenvalue weighted by Gasteiger charge is 2.44. The van der Waals surface area contributed by atoms with Gasteiger partial charge < -0.3 is 5.73 Å². The van der Waals surface area contributed by atoms with Crippen LogP contribution in [0.3, 0.4) is 0 Å². The van der Waals surface area contributed by atoms with Gasteiger partial charge in [-0.1, -0.05) is 12.1 Å². The van der Waals surface area contributed by atoms with Gasteiger partial charge in [0.1, 0.15) is 0 Å². The van der Waals surface area contributed by atoms with E-state index < -0.39 is 0 Å². The number of ketones is 1. The molecule has 3 heteroatoms.